The van der Waals surface area contributed by atoms with Gasteiger partial charge in [-0.15, -0.1) is 0 Å². The number of rotatable bonds is 8. The Hall–Kier alpha value is -1.49. The van der Waals surface area contributed by atoms with Crippen LogP contribution in [0, 0.1) is 0 Å². The van der Waals surface area contributed by atoms with Crippen molar-refractivity contribution < 1.29 is 4.52 Å². The molecule has 0 spiro atoms. The van der Waals surface area contributed by atoms with E-state index < -0.39 is 0 Å². The van der Waals surface area contributed by atoms with Gasteiger partial charge in [0.2, 0.25) is 5.89 Å². The number of hydrogen-bond acceptors (Lipinski definition) is 5. The van der Waals surface area contributed by atoms with Gasteiger partial charge in [-0.1, -0.05) is 30.3 Å². The van der Waals surface area contributed by atoms with Crippen molar-refractivity contribution in [3.8, 4) is 0 Å². The van der Waals surface area contributed by atoms with Gasteiger partial charge in [-0.2, -0.15) is 16.7 Å². The summed E-state index contributed by atoms with van der Waals surface area (Å²) in [5, 5.41) is 7.33. The molecule has 5 heteroatoms. The molecule has 2 aromatic rings. The minimum absolute atomic E-state index is 0.738. The first-order chi connectivity index (χ1) is 9.38. The van der Waals surface area contributed by atoms with Gasteiger partial charge in [0.05, 0.1) is 5.75 Å². The lowest BCUT2D eigenvalue weighted by molar-refractivity contribution is 0.373. The third kappa shape index (κ3) is 4.95. The highest BCUT2D eigenvalue weighted by atomic mass is 32.2. The average Bonchev–Trinajstić information content (AvgIpc) is 2.90. The molecule has 0 fully saturated rings. The summed E-state index contributed by atoms with van der Waals surface area (Å²) in [5.41, 5.74) is 1.15. The lowest BCUT2D eigenvalue weighted by Gasteiger charge is -2.03. The van der Waals surface area contributed by atoms with E-state index >= 15 is 0 Å². The van der Waals surface area contributed by atoms with Gasteiger partial charge in [0.1, 0.15) is 0 Å². The normalized spacial score (nSPS) is 10.6. The zero-order chi connectivity index (χ0) is 13.3. The highest BCUT2D eigenvalue weighted by molar-refractivity contribution is 7.98. The molecule has 4 nitrogen and oxygen atoms in total. The average molecular weight is 277 g/mol. The molecule has 2 rings (SSSR count). The van der Waals surface area contributed by atoms with Crippen molar-refractivity contribution in [2.75, 3.05) is 17.6 Å². The van der Waals surface area contributed by atoms with Gasteiger partial charge in [-0.05, 0) is 24.3 Å². The molecular formula is C14H19N3OS. The second-order valence-electron chi connectivity index (χ2n) is 4.14. The molecule has 1 aromatic heterocycles. The molecule has 1 N–H and O–H groups in total. The first-order valence-corrected chi connectivity index (χ1v) is 7.72. The van der Waals surface area contributed by atoms with Crippen LogP contribution in [0.1, 0.15) is 25.1 Å². The van der Waals surface area contributed by atoms with Gasteiger partial charge in [-0.25, -0.2) is 0 Å². The zero-order valence-electron chi connectivity index (χ0n) is 11.1. The number of aryl methyl sites for hydroxylation is 1. The molecule has 1 heterocycles. The van der Waals surface area contributed by atoms with Crippen LogP contribution < -0.4 is 5.32 Å². The van der Waals surface area contributed by atoms with E-state index in [1.165, 1.54) is 0 Å². The van der Waals surface area contributed by atoms with Crippen LogP contribution >= 0.6 is 11.8 Å². The highest BCUT2D eigenvalue weighted by Gasteiger charge is 2.05. The zero-order valence-corrected chi connectivity index (χ0v) is 11.9. The van der Waals surface area contributed by atoms with Gasteiger partial charge in [0, 0.05) is 18.7 Å². The molecule has 102 valence electrons. The lowest BCUT2D eigenvalue weighted by Crippen LogP contribution is -2.02. The molecule has 0 saturated heterocycles. The molecule has 0 atom stereocenters. The van der Waals surface area contributed by atoms with E-state index in [2.05, 4.69) is 34.5 Å². The Labute approximate surface area is 118 Å². The molecule has 0 aliphatic carbocycles. The summed E-state index contributed by atoms with van der Waals surface area (Å²) in [7, 11) is 0. The summed E-state index contributed by atoms with van der Waals surface area (Å²) >= 11 is 1.80. The number of nitrogens with zero attached hydrogens (tertiary/aromatic N) is 2. The molecule has 0 saturated carbocycles. The van der Waals surface area contributed by atoms with Crippen molar-refractivity contribution in [1.29, 1.82) is 0 Å². The number of anilines is 1. The summed E-state index contributed by atoms with van der Waals surface area (Å²) in [5.74, 6) is 3.45. The van der Waals surface area contributed by atoms with E-state index in [9.17, 15) is 0 Å². The van der Waals surface area contributed by atoms with E-state index in [1.807, 2.05) is 18.2 Å². The third-order valence-electron chi connectivity index (χ3n) is 2.62. The van der Waals surface area contributed by atoms with Gasteiger partial charge < -0.3 is 9.84 Å². The predicted molar refractivity (Wildman–Crippen MR) is 79.4 cm³/mol. The maximum atomic E-state index is 5.21. The van der Waals surface area contributed by atoms with Crippen molar-refractivity contribution in [1.82, 2.24) is 10.1 Å². The van der Waals surface area contributed by atoms with Crippen LogP contribution in [0.4, 0.5) is 5.69 Å². The fourth-order valence-electron chi connectivity index (χ4n) is 1.67. The SMILES string of the molecule is CCSCc1noc(CCCNc2ccccc2)n1. The van der Waals surface area contributed by atoms with Crippen molar-refractivity contribution in [3.05, 3.63) is 42.0 Å². The number of benzene rings is 1. The maximum absolute atomic E-state index is 5.21. The molecule has 0 aliphatic heterocycles. The van der Waals surface area contributed by atoms with Crippen LogP contribution in [0.25, 0.3) is 0 Å². The molecule has 0 amide bonds. The third-order valence-corrected chi connectivity index (χ3v) is 3.49. The maximum Gasteiger partial charge on any atom is 0.226 e. The smallest absolute Gasteiger partial charge is 0.226 e. The van der Waals surface area contributed by atoms with Crippen LogP contribution in [0.3, 0.4) is 0 Å². The predicted octanol–water partition coefficient (Wildman–Crippen LogP) is 3.37. The van der Waals surface area contributed by atoms with Crippen LogP contribution in [-0.4, -0.2) is 22.4 Å². The van der Waals surface area contributed by atoms with E-state index in [0.29, 0.717) is 0 Å². The van der Waals surface area contributed by atoms with Crippen molar-refractivity contribution >= 4 is 17.4 Å². The number of hydrogen-bond donors (Lipinski definition) is 1. The second kappa shape index (κ2) is 7.84. The Morgan fingerprint density at radius 3 is 2.89 bits per heavy atom. The topological polar surface area (TPSA) is 51.0 Å². The van der Waals surface area contributed by atoms with Crippen molar-refractivity contribution in [2.45, 2.75) is 25.5 Å². The van der Waals surface area contributed by atoms with E-state index in [-0.39, 0.29) is 0 Å². The van der Waals surface area contributed by atoms with Crippen molar-refractivity contribution in [2.24, 2.45) is 0 Å². The Bertz CT molecular complexity index is 473. The monoisotopic (exact) mass is 277 g/mol. The number of aromatic nitrogens is 2. The Balaban J connectivity index is 1.66. The van der Waals surface area contributed by atoms with Crippen molar-refractivity contribution in [3.63, 3.8) is 0 Å². The molecule has 0 radical (unpaired) electrons. The molecule has 0 unspecified atom stereocenters. The fraction of sp³-hybridized carbons (Fsp3) is 0.429. The van der Waals surface area contributed by atoms with Crippen LogP contribution in [0.2, 0.25) is 0 Å². The summed E-state index contributed by atoms with van der Waals surface area (Å²) in [6.07, 6.45) is 1.81. The first-order valence-electron chi connectivity index (χ1n) is 6.56. The summed E-state index contributed by atoms with van der Waals surface area (Å²) < 4.78 is 5.21. The van der Waals surface area contributed by atoms with Gasteiger partial charge in [0.15, 0.2) is 5.82 Å². The summed E-state index contributed by atoms with van der Waals surface area (Å²) in [6.45, 7) is 3.03. The molecule has 0 aliphatic rings. The van der Waals surface area contributed by atoms with Crippen LogP contribution in [0.15, 0.2) is 34.9 Å². The number of nitrogens with one attached hydrogen (secondary N) is 1. The van der Waals surface area contributed by atoms with Gasteiger partial charge >= 0.3 is 0 Å². The Morgan fingerprint density at radius 2 is 2.11 bits per heavy atom. The van der Waals surface area contributed by atoms with E-state index in [0.717, 1.165) is 48.3 Å². The largest absolute Gasteiger partial charge is 0.385 e. The molecular weight excluding hydrogens is 258 g/mol. The Kier molecular flexibility index (Phi) is 5.75. The summed E-state index contributed by atoms with van der Waals surface area (Å²) in [6, 6.07) is 10.2. The quantitative estimate of drug-likeness (QED) is 0.750. The van der Waals surface area contributed by atoms with Crippen LogP contribution in [-0.2, 0) is 12.2 Å². The molecule has 19 heavy (non-hydrogen) atoms. The molecule has 0 bridgehead atoms. The minimum atomic E-state index is 0.738. The standard InChI is InChI=1S/C14H19N3OS/c1-2-19-11-13-16-14(18-17-13)9-6-10-15-12-7-4-3-5-8-12/h3-5,7-8,15H,2,6,9-11H2,1H3. The minimum Gasteiger partial charge on any atom is -0.385 e. The van der Waals surface area contributed by atoms with Gasteiger partial charge in [0.25, 0.3) is 0 Å². The fourth-order valence-corrected chi connectivity index (χ4v) is 2.18. The summed E-state index contributed by atoms with van der Waals surface area (Å²) in [4.78, 5) is 4.37. The number of para-hydroxylation sites is 1. The number of thioether (sulfide) groups is 1. The van der Waals surface area contributed by atoms with E-state index in [4.69, 9.17) is 4.52 Å². The second-order valence-corrected chi connectivity index (χ2v) is 5.41. The highest BCUT2D eigenvalue weighted by Crippen LogP contribution is 2.10. The van der Waals surface area contributed by atoms with Crippen LogP contribution in [0.5, 0.6) is 0 Å². The van der Waals surface area contributed by atoms with E-state index in [1.54, 1.807) is 11.8 Å². The van der Waals surface area contributed by atoms with Gasteiger partial charge in [-0.3, -0.25) is 0 Å². The Morgan fingerprint density at radius 1 is 1.26 bits per heavy atom. The molecule has 1 aromatic carbocycles. The lowest BCUT2D eigenvalue weighted by atomic mass is 10.3. The first kappa shape index (κ1) is 13.9.